The molecule has 0 unspecified atom stereocenters. The Labute approximate surface area is 163 Å². The van der Waals surface area contributed by atoms with Crippen LogP contribution in [0.3, 0.4) is 0 Å². The molecule has 6 N–H and O–H groups in total. The van der Waals surface area contributed by atoms with Crippen LogP contribution in [0, 0.1) is 11.3 Å². The SMILES string of the molecule is CC(C)C.N=Cc1ccc(Nc2ncccc2C(=O)NC2=CC(=O)N2)cc1N. The Bertz CT molecular complexity index is 918. The summed E-state index contributed by atoms with van der Waals surface area (Å²) in [4.78, 5) is 27.3. The Morgan fingerprint density at radius 3 is 2.54 bits per heavy atom. The molecule has 2 heterocycles. The van der Waals surface area contributed by atoms with Crippen molar-refractivity contribution in [1.82, 2.24) is 15.6 Å². The monoisotopic (exact) mass is 380 g/mol. The number of nitrogens with zero attached hydrogens (tertiary/aromatic N) is 1. The first kappa shape index (κ1) is 20.6. The Morgan fingerprint density at radius 1 is 1.29 bits per heavy atom. The van der Waals surface area contributed by atoms with Crippen molar-refractivity contribution in [3.63, 3.8) is 0 Å². The van der Waals surface area contributed by atoms with Crippen LogP contribution in [0.4, 0.5) is 17.2 Å². The highest BCUT2D eigenvalue weighted by atomic mass is 16.2. The number of hydrogen-bond donors (Lipinski definition) is 5. The number of rotatable bonds is 5. The third-order valence-electron chi connectivity index (χ3n) is 3.34. The van der Waals surface area contributed by atoms with E-state index in [9.17, 15) is 9.59 Å². The first-order valence-electron chi connectivity index (χ1n) is 8.76. The summed E-state index contributed by atoms with van der Waals surface area (Å²) in [5.74, 6) is 0.875. The molecule has 1 aromatic carbocycles. The molecule has 146 valence electrons. The van der Waals surface area contributed by atoms with Crippen LogP contribution >= 0.6 is 0 Å². The lowest BCUT2D eigenvalue weighted by Gasteiger charge is -2.17. The first-order chi connectivity index (χ1) is 13.3. The van der Waals surface area contributed by atoms with E-state index in [0.717, 1.165) is 5.92 Å². The van der Waals surface area contributed by atoms with E-state index < -0.39 is 5.91 Å². The fraction of sp³-hybridized carbons (Fsp3) is 0.200. The molecule has 8 nitrogen and oxygen atoms in total. The van der Waals surface area contributed by atoms with Crippen LogP contribution in [-0.2, 0) is 4.79 Å². The van der Waals surface area contributed by atoms with Gasteiger partial charge in [-0.1, -0.05) is 20.8 Å². The van der Waals surface area contributed by atoms with Crippen LogP contribution in [0.1, 0.15) is 36.7 Å². The smallest absolute Gasteiger partial charge is 0.260 e. The predicted molar refractivity (Wildman–Crippen MR) is 110 cm³/mol. The highest BCUT2D eigenvalue weighted by Gasteiger charge is 2.19. The Kier molecular flexibility index (Phi) is 6.86. The van der Waals surface area contributed by atoms with E-state index in [1.807, 2.05) is 0 Å². The molecule has 3 rings (SSSR count). The van der Waals surface area contributed by atoms with E-state index in [2.05, 4.69) is 41.7 Å². The van der Waals surface area contributed by atoms with Gasteiger partial charge in [0.25, 0.3) is 11.8 Å². The number of amides is 2. The van der Waals surface area contributed by atoms with Gasteiger partial charge in [0.2, 0.25) is 0 Å². The highest BCUT2D eigenvalue weighted by molar-refractivity contribution is 6.03. The van der Waals surface area contributed by atoms with Crippen molar-refractivity contribution in [2.24, 2.45) is 5.92 Å². The quantitative estimate of drug-likeness (QED) is 0.402. The molecule has 1 aromatic heterocycles. The molecule has 8 heteroatoms. The van der Waals surface area contributed by atoms with Gasteiger partial charge in [-0.3, -0.25) is 9.59 Å². The summed E-state index contributed by atoms with van der Waals surface area (Å²) in [5, 5.41) is 15.3. The summed E-state index contributed by atoms with van der Waals surface area (Å²) >= 11 is 0. The lowest BCUT2D eigenvalue weighted by Crippen LogP contribution is -2.41. The molecule has 0 bridgehead atoms. The third kappa shape index (κ3) is 5.66. The normalized spacial score (nSPS) is 12.0. The Balaban J connectivity index is 0.000000640. The average molecular weight is 380 g/mol. The standard InChI is InChI=1S/C16H14N6O2.C4H10/c17-8-9-3-4-10(6-12(9)18)20-15-11(2-1-5-19-15)16(24)22-13-7-14(23)21-13;1-4(2)3/h1-8,17H,18H2,(H,19,20)(H2,21,22,23,24);4H,1-3H3. The van der Waals surface area contributed by atoms with Gasteiger partial charge in [-0.05, 0) is 36.2 Å². The molecule has 1 aliphatic rings. The molecule has 2 aromatic rings. The fourth-order valence-electron chi connectivity index (χ4n) is 2.12. The molecule has 0 atom stereocenters. The first-order valence-corrected chi connectivity index (χ1v) is 8.76. The lowest BCUT2D eigenvalue weighted by atomic mass is 10.1. The molecule has 2 amide bonds. The second-order valence-corrected chi connectivity index (χ2v) is 6.75. The van der Waals surface area contributed by atoms with E-state index in [0.29, 0.717) is 34.1 Å². The summed E-state index contributed by atoms with van der Waals surface area (Å²) in [6.45, 7) is 6.50. The van der Waals surface area contributed by atoms with Crippen LogP contribution in [0.2, 0.25) is 0 Å². The second kappa shape index (κ2) is 9.31. The van der Waals surface area contributed by atoms with E-state index >= 15 is 0 Å². The zero-order valence-electron chi connectivity index (χ0n) is 16.0. The highest BCUT2D eigenvalue weighted by Crippen LogP contribution is 2.22. The molecule has 0 saturated carbocycles. The molecule has 1 aliphatic heterocycles. The number of nitrogen functional groups attached to an aromatic ring is 1. The summed E-state index contributed by atoms with van der Waals surface area (Å²) in [7, 11) is 0. The van der Waals surface area contributed by atoms with Crippen molar-refractivity contribution in [1.29, 1.82) is 5.41 Å². The molecule has 0 spiro atoms. The van der Waals surface area contributed by atoms with Crippen LogP contribution in [0.25, 0.3) is 0 Å². The van der Waals surface area contributed by atoms with E-state index in [-0.39, 0.29) is 5.91 Å². The summed E-state index contributed by atoms with van der Waals surface area (Å²) in [6, 6.07) is 8.34. The summed E-state index contributed by atoms with van der Waals surface area (Å²) < 4.78 is 0. The number of anilines is 3. The van der Waals surface area contributed by atoms with Gasteiger partial charge < -0.3 is 27.1 Å². The maximum absolute atomic E-state index is 12.3. The van der Waals surface area contributed by atoms with Crippen molar-refractivity contribution in [2.45, 2.75) is 20.8 Å². The van der Waals surface area contributed by atoms with Gasteiger partial charge in [-0.15, -0.1) is 0 Å². The van der Waals surface area contributed by atoms with Gasteiger partial charge in [-0.2, -0.15) is 0 Å². The minimum atomic E-state index is -0.402. The minimum Gasteiger partial charge on any atom is -0.398 e. The van der Waals surface area contributed by atoms with Crippen LogP contribution in [0.15, 0.2) is 48.4 Å². The number of nitrogens with one attached hydrogen (secondary N) is 4. The lowest BCUT2D eigenvalue weighted by molar-refractivity contribution is -0.117. The summed E-state index contributed by atoms with van der Waals surface area (Å²) in [5.41, 5.74) is 7.85. The number of hydrogen-bond acceptors (Lipinski definition) is 6. The van der Waals surface area contributed by atoms with Gasteiger partial charge in [0, 0.05) is 35.4 Å². The van der Waals surface area contributed by atoms with Crippen LogP contribution in [0.5, 0.6) is 0 Å². The zero-order valence-corrected chi connectivity index (χ0v) is 16.0. The van der Waals surface area contributed by atoms with Crippen LogP contribution < -0.4 is 21.7 Å². The molecular weight excluding hydrogens is 356 g/mol. The third-order valence-corrected chi connectivity index (χ3v) is 3.34. The fourth-order valence-corrected chi connectivity index (χ4v) is 2.12. The van der Waals surface area contributed by atoms with E-state index in [4.69, 9.17) is 11.1 Å². The van der Waals surface area contributed by atoms with Crippen molar-refractivity contribution in [2.75, 3.05) is 11.1 Å². The number of carbonyl (C=O) groups excluding carboxylic acids is 2. The summed E-state index contributed by atoms with van der Waals surface area (Å²) in [6.07, 6.45) is 4.01. The molecule has 28 heavy (non-hydrogen) atoms. The Hall–Kier alpha value is -3.68. The van der Waals surface area contributed by atoms with Crippen molar-refractivity contribution in [3.8, 4) is 0 Å². The van der Waals surface area contributed by atoms with Gasteiger partial charge in [0.05, 0.1) is 5.56 Å². The average Bonchev–Trinajstić information content (AvgIpc) is 2.60. The van der Waals surface area contributed by atoms with Gasteiger partial charge in [0.1, 0.15) is 11.6 Å². The minimum absolute atomic E-state index is 0.253. The topological polar surface area (TPSA) is 133 Å². The number of pyridine rings is 1. The number of aromatic nitrogens is 1. The van der Waals surface area contributed by atoms with Crippen LogP contribution in [-0.4, -0.2) is 23.0 Å². The second-order valence-electron chi connectivity index (χ2n) is 6.75. The zero-order chi connectivity index (χ0) is 20.7. The van der Waals surface area contributed by atoms with Gasteiger partial charge in [-0.25, -0.2) is 4.98 Å². The number of carbonyl (C=O) groups is 2. The number of benzene rings is 1. The molecule has 0 fully saturated rings. The molecule has 0 radical (unpaired) electrons. The molecule has 0 aliphatic carbocycles. The van der Waals surface area contributed by atoms with E-state index in [1.54, 1.807) is 36.5 Å². The van der Waals surface area contributed by atoms with Crippen molar-refractivity contribution >= 4 is 35.2 Å². The molecular formula is C20H24N6O2. The van der Waals surface area contributed by atoms with E-state index in [1.165, 1.54) is 12.3 Å². The molecule has 0 saturated heterocycles. The van der Waals surface area contributed by atoms with Crippen molar-refractivity contribution in [3.05, 3.63) is 59.6 Å². The maximum atomic E-state index is 12.3. The Morgan fingerprint density at radius 2 is 1.96 bits per heavy atom. The van der Waals surface area contributed by atoms with Gasteiger partial charge in [0.15, 0.2) is 0 Å². The number of nitrogens with two attached hydrogens (primary N) is 1. The van der Waals surface area contributed by atoms with Crippen molar-refractivity contribution < 1.29 is 9.59 Å². The predicted octanol–water partition coefficient (Wildman–Crippen LogP) is 2.77. The maximum Gasteiger partial charge on any atom is 0.260 e. The largest absolute Gasteiger partial charge is 0.398 e. The van der Waals surface area contributed by atoms with Gasteiger partial charge >= 0.3 is 0 Å².